The number of carbonyl (C=O) groups excluding carboxylic acids is 2. The molecule has 2 atom stereocenters. The first-order valence-corrected chi connectivity index (χ1v) is 32.1. The van der Waals surface area contributed by atoms with Gasteiger partial charge in [-0.1, -0.05) is 308 Å². The second-order valence-corrected chi connectivity index (χ2v) is 22.1. The maximum absolute atomic E-state index is 12.5. The first-order chi connectivity index (χ1) is 35.0. The molecule has 6 heteroatoms. The van der Waals surface area contributed by atoms with Gasteiger partial charge in [-0.25, -0.2) is 0 Å². The van der Waals surface area contributed by atoms with Crippen molar-refractivity contribution in [1.29, 1.82) is 0 Å². The van der Waals surface area contributed by atoms with Crippen LogP contribution in [-0.2, 0) is 14.3 Å². The summed E-state index contributed by atoms with van der Waals surface area (Å²) in [5.74, 6) is -0.0570. The van der Waals surface area contributed by atoms with E-state index in [4.69, 9.17) is 4.74 Å². The van der Waals surface area contributed by atoms with Gasteiger partial charge in [0.05, 0.1) is 25.4 Å². The van der Waals surface area contributed by atoms with Gasteiger partial charge in [0.25, 0.3) is 0 Å². The van der Waals surface area contributed by atoms with E-state index >= 15 is 0 Å². The van der Waals surface area contributed by atoms with Gasteiger partial charge >= 0.3 is 5.97 Å². The number of hydrogen-bond acceptors (Lipinski definition) is 5. The van der Waals surface area contributed by atoms with E-state index in [1.807, 2.05) is 6.08 Å². The predicted molar refractivity (Wildman–Crippen MR) is 310 cm³/mol. The molecule has 0 aliphatic heterocycles. The van der Waals surface area contributed by atoms with Gasteiger partial charge in [-0.2, -0.15) is 0 Å². The standard InChI is InChI=1S/C65H125NO5/c1-3-5-7-9-11-13-15-17-18-30-34-37-41-45-49-53-57-63(68)62(61-67)66-64(69)58-54-50-46-42-38-35-31-28-26-24-22-20-19-21-23-25-27-29-32-36-40-44-48-52-56-60-71-65(70)59-55-51-47-43-39-33-16-14-12-10-8-6-4-2/h14,16,53,57,62-63,67-68H,3-13,15,17-52,54-56,58-61H2,1-2H3,(H,66,69)/b16-14-,57-53+. The molecule has 0 saturated carbocycles. The number of unbranched alkanes of at least 4 members (excludes halogenated alkanes) is 47. The van der Waals surface area contributed by atoms with Crippen LogP contribution >= 0.6 is 0 Å². The van der Waals surface area contributed by atoms with Crippen LogP contribution in [0, 0.1) is 0 Å². The number of allylic oxidation sites excluding steroid dienone is 3. The lowest BCUT2D eigenvalue weighted by Crippen LogP contribution is -2.45. The summed E-state index contributed by atoms with van der Waals surface area (Å²) in [7, 11) is 0. The van der Waals surface area contributed by atoms with E-state index in [9.17, 15) is 19.8 Å². The van der Waals surface area contributed by atoms with Crippen molar-refractivity contribution in [2.75, 3.05) is 13.2 Å². The van der Waals surface area contributed by atoms with E-state index in [-0.39, 0.29) is 18.5 Å². The van der Waals surface area contributed by atoms with E-state index < -0.39 is 12.1 Å². The summed E-state index contributed by atoms with van der Waals surface area (Å²) in [6.45, 7) is 4.91. The first kappa shape index (κ1) is 69.3. The van der Waals surface area contributed by atoms with Crippen molar-refractivity contribution in [1.82, 2.24) is 5.32 Å². The molecule has 0 heterocycles. The molecule has 0 aromatic rings. The summed E-state index contributed by atoms with van der Waals surface area (Å²) in [5.41, 5.74) is 0. The number of aliphatic hydroxyl groups is 2. The van der Waals surface area contributed by atoms with Gasteiger partial charge < -0.3 is 20.3 Å². The number of hydrogen-bond donors (Lipinski definition) is 3. The first-order valence-electron chi connectivity index (χ1n) is 32.1. The van der Waals surface area contributed by atoms with Crippen LogP contribution in [0.5, 0.6) is 0 Å². The second-order valence-electron chi connectivity index (χ2n) is 22.1. The molecule has 0 aromatic carbocycles. The quantitative estimate of drug-likeness (QED) is 0.0320. The monoisotopic (exact) mass is 1000 g/mol. The Morgan fingerprint density at radius 2 is 0.662 bits per heavy atom. The predicted octanol–water partition coefficient (Wildman–Crippen LogP) is 20.2. The zero-order valence-corrected chi connectivity index (χ0v) is 48.0. The molecule has 0 aliphatic carbocycles. The Hall–Kier alpha value is -1.66. The number of rotatable bonds is 60. The lowest BCUT2D eigenvalue weighted by atomic mass is 10.0. The van der Waals surface area contributed by atoms with Gasteiger partial charge in [-0.05, 0) is 57.8 Å². The van der Waals surface area contributed by atoms with Crippen LogP contribution in [0.15, 0.2) is 24.3 Å². The molecule has 0 rings (SSSR count). The van der Waals surface area contributed by atoms with Gasteiger partial charge in [0, 0.05) is 12.8 Å². The Morgan fingerprint density at radius 1 is 0.380 bits per heavy atom. The normalized spacial score (nSPS) is 12.7. The number of esters is 1. The number of ether oxygens (including phenoxy) is 1. The van der Waals surface area contributed by atoms with Crippen LogP contribution in [0.4, 0.5) is 0 Å². The van der Waals surface area contributed by atoms with Crippen molar-refractivity contribution in [3.8, 4) is 0 Å². The maximum Gasteiger partial charge on any atom is 0.305 e. The van der Waals surface area contributed by atoms with E-state index in [1.54, 1.807) is 6.08 Å². The fourth-order valence-electron chi connectivity index (χ4n) is 10.0. The molecule has 0 fully saturated rings. The SMILES string of the molecule is CCCCCC/C=C\CCCCCCCC(=O)OCCCCCCCCCCCCCCCCCCCCCCCCCCCC(=O)NC(CO)C(O)/C=C/CCCCCCCCCCCCCCCC. The molecule has 0 spiro atoms. The summed E-state index contributed by atoms with van der Waals surface area (Å²) in [5, 5.41) is 23.2. The van der Waals surface area contributed by atoms with Crippen LogP contribution in [0.25, 0.3) is 0 Å². The Morgan fingerprint density at radius 3 is 1.01 bits per heavy atom. The zero-order valence-electron chi connectivity index (χ0n) is 48.0. The molecule has 6 nitrogen and oxygen atoms in total. The van der Waals surface area contributed by atoms with Crippen molar-refractivity contribution in [2.45, 2.75) is 366 Å². The number of aliphatic hydroxyl groups excluding tert-OH is 2. The van der Waals surface area contributed by atoms with E-state index in [0.717, 1.165) is 44.9 Å². The van der Waals surface area contributed by atoms with Crippen molar-refractivity contribution in [2.24, 2.45) is 0 Å². The molecule has 420 valence electrons. The lowest BCUT2D eigenvalue weighted by Gasteiger charge is -2.20. The van der Waals surface area contributed by atoms with Crippen LogP contribution in [0.3, 0.4) is 0 Å². The maximum atomic E-state index is 12.5. The highest BCUT2D eigenvalue weighted by atomic mass is 16.5. The Balaban J connectivity index is 3.38. The largest absolute Gasteiger partial charge is 0.466 e. The minimum atomic E-state index is -0.843. The molecule has 2 unspecified atom stereocenters. The van der Waals surface area contributed by atoms with Gasteiger partial charge in [0.2, 0.25) is 5.91 Å². The highest BCUT2D eigenvalue weighted by Crippen LogP contribution is 2.18. The van der Waals surface area contributed by atoms with Crippen molar-refractivity contribution in [3.63, 3.8) is 0 Å². The fraction of sp³-hybridized carbons (Fsp3) is 0.908. The van der Waals surface area contributed by atoms with Gasteiger partial charge in [-0.15, -0.1) is 0 Å². The lowest BCUT2D eigenvalue weighted by molar-refractivity contribution is -0.143. The number of nitrogens with one attached hydrogen (secondary N) is 1. The summed E-state index contributed by atoms with van der Waals surface area (Å²) < 4.78 is 5.48. The van der Waals surface area contributed by atoms with Gasteiger partial charge in [0.1, 0.15) is 0 Å². The van der Waals surface area contributed by atoms with Gasteiger partial charge in [-0.3, -0.25) is 9.59 Å². The average molecular weight is 1000 g/mol. The van der Waals surface area contributed by atoms with E-state index in [0.29, 0.717) is 19.4 Å². The summed E-state index contributed by atoms with van der Waals surface area (Å²) in [6.07, 6.45) is 75.1. The minimum absolute atomic E-state index is 0.00701. The van der Waals surface area contributed by atoms with Crippen LogP contribution < -0.4 is 5.32 Å². The Kier molecular flexibility index (Phi) is 59.5. The van der Waals surface area contributed by atoms with E-state index in [1.165, 1.54) is 283 Å². The number of amides is 1. The summed E-state index contributed by atoms with van der Waals surface area (Å²) in [4.78, 5) is 24.5. The Bertz CT molecular complexity index is 1110. The molecule has 0 aliphatic rings. The molecule has 0 bridgehead atoms. The molecule has 1 amide bonds. The van der Waals surface area contributed by atoms with E-state index in [2.05, 4.69) is 31.3 Å². The third-order valence-corrected chi connectivity index (χ3v) is 15.0. The highest BCUT2D eigenvalue weighted by Gasteiger charge is 2.18. The molecule has 0 aromatic heterocycles. The van der Waals surface area contributed by atoms with Gasteiger partial charge in [0.15, 0.2) is 0 Å². The summed E-state index contributed by atoms with van der Waals surface area (Å²) >= 11 is 0. The zero-order chi connectivity index (χ0) is 51.4. The van der Waals surface area contributed by atoms with Crippen LogP contribution in [0.1, 0.15) is 354 Å². The molecule has 3 N–H and O–H groups in total. The molecular weight excluding hydrogens is 875 g/mol. The highest BCUT2D eigenvalue weighted by molar-refractivity contribution is 5.76. The van der Waals surface area contributed by atoms with Crippen LogP contribution in [0.2, 0.25) is 0 Å². The molecule has 0 saturated heterocycles. The average Bonchev–Trinajstić information content (AvgIpc) is 3.37. The minimum Gasteiger partial charge on any atom is -0.466 e. The summed E-state index contributed by atoms with van der Waals surface area (Å²) in [6, 6.07) is -0.626. The second kappa shape index (κ2) is 60.9. The van der Waals surface area contributed by atoms with Crippen molar-refractivity contribution < 1.29 is 24.5 Å². The topological polar surface area (TPSA) is 95.9 Å². The van der Waals surface area contributed by atoms with Crippen molar-refractivity contribution in [3.05, 3.63) is 24.3 Å². The Labute approximate surface area is 443 Å². The number of carbonyl (C=O) groups is 2. The third kappa shape index (κ3) is 57.5. The van der Waals surface area contributed by atoms with Crippen LogP contribution in [-0.4, -0.2) is 47.4 Å². The molecular formula is C65H125NO5. The third-order valence-electron chi connectivity index (χ3n) is 15.0. The molecule has 0 radical (unpaired) electrons. The molecule has 71 heavy (non-hydrogen) atoms. The van der Waals surface area contributed by atoms with Crippen molar-refractivity contribution >= 4 is 11.9 Å². The fourth-order valence-corrected chi connectivity index (χ4v) is 10.0. The smallest absolute Gasteiger partial charge is 0.305 e.